The molecule has 0 aliphatic heterocycles. The van der Waals surface area contributed by atoms with Crippen molar-refractivity contribution in [1.82, 2.24) is 57.6 Å². The molecule has 10 N–H and O–H groups in total. The number of aromatic nitrogens is 10. The zero-order valence-corrected chi connectivity index (χ0v) is 44.9. The Hall–Kier alpha value is -10.5. The fraction of sp³-hybridized carbons (Fsp3) is 0.222. The van der Waals surface area contributed by atoms with Crippen molar-refractivity contribution in [2.24, 2.45) is 55.1 Å². The number of carbonyl (C=O) groups excluding carboxylic acids is 8. The van der Waals surface area contributed by atoms with Crippen LogP contribution in [0.25, 0.3) is 22.6 Å². The average Bonchev–Trinajstić information content (AvgIpc) is 4.33. The van der Waals surface area contributed by atoms with Crippen LogP contribution in [0.1, 0.15) is 85.4 Å². The third kappa shape index (κ3) is 11.6. The number of rotatable bonds is 19. The number of ketones is 1. The highest BCUT2D eigenvalue weighted by molar-refractivity contribution is 6.10. The first-order valence-corrected chi connectivity index (χ1v) is 24.9. The lowest BCUT2D eigenvalue weighted by atomic mass is 10.0. The Labute approximate surface area is 456 Å². The van der Waals surface area contributed by atoms with Gasteiger partial charge in [-0.05, 0) is 66.6 Å². The summed E-state index contributed by atoms with van der Waals surface area (Å²) in [5, 5.41) is 19.4. The highest BCUT2D eigenvalue weighted by atomic mass is 16.2. The molecule has 9 aromatic rings. The van der Waals surface area contributed by atoms with Crippen molar-refractivity contribution in [3.8, 4) is 11.5 Å². The van der Waals surface area contributed by atoms with Gasteiger partial charge in [-0.1, -0.05) is 0 Å². The predicted molar refractivity (Wildman–Crippen MR) is 298 cm³/mol. The van der Waals surface area contributed by atoms with Crippen LogP contribution in [-0.2, 0) is 60.5 Å². The van der Waals surface area contributed by atoms with Gasteiger partial charge >= 0.3 is 0 Å². The van der Waals surface area contributed by atoms with Crippen LogP contribution in [-0.4, -0.2) is 114 Å². The highest BCUT2D eigenvalue weighted by Crippen LogP contribution is 2.27. The van der Waals surface area contributed by atoms with E-state index >= 15 is 0 Å². The minimum atomic E-state index is -0.929. The van der Waals surface area contributed by atoms with Crippen molar-refractivity contribution < 1.29 is 38.4 Å². The number of amides is 7. The van der Waals surface area contributed by atoms with E-state index in [2.05, 4.69) is 52.2 Å². The Morgan fingerprint density at radius 1 is 0.537 bits per heavy atom. The molecule has 0 aliphatic rings. The van der Waals surface area contributed by atoms with E-state index in [9.17, 15) is 38.4 Å². The number of nitrogens with two attached hydrogens (primary N) is 1. The second-order valence-electron chi connectivity index (χ2n) is 19.3. The van der Waals surface area contributed by atoms with Crippen LogP contribution in [0.5, 0.6) is 0 Å². The van der Waals surface area contributed by atoms with Gasteiger partial charge in [-0.2, -0.15) is 0 Å². The Morgan fingerprint density at radius 2 is 1.01 bits per heavy atom. The van der Waals surface area contributed by atoms with E-state index in [1.165, 1.54) is 29.8 Å². The fourth-order valence-corrected chi connectivity index (χ4v) is 9.14. The molecule has 0 aliphatic carbocycles. The number of hydrogen-bond acceptors (Lipinski definition) is 11. The summed E-state index contributed by atoms with van der Waals surface area (Å²) in [6.07, 6.45) is 13.1. The molecule has 8 aromatic heterocycles. The molecule has 26 heteroatoms. The van der Waals surface area contributed by atoms with Crippen LogP contribution in [0.2, 0.25) is 0 Å². The number of H-pyrrole nitrogens is 1. The number of carbonyl (C=O) groups is 8. The molecule has 1 atom stereocenters. The third-order valence-corrected chi connectivity index (χ3v) is 13.3. The van der Waals surface area contributed by atoms with E-state index in [1.54, 1.807) is 151 Å². The molecule has 7 amide bonds. The van der Waals surface area contributed by atoms with Crippen molar-refractivity contribution in [3.63, 3.8) is 0 Å². The van der Waals surface area contributed by atoms with Gasteiger partial charge in [0, 0.05) is 124 Å². The summed E-state index contributed by atoms with van der Waals surface area (Å²) in [7, 11) is 13.4. The number of nitrogens with zero attached hydrogens (tertiary/aromatic N) is 9. The molecule has 0 unspecified atom stereocenters. The molecule has 26 nitrogen and oxygen atoms in total. The topological polar surface area (TPSA) is 323 Å². The van der Waals surface area contributed by atoms with Crippen molar-refractivity contribution in [1.29, 1.82) is 0 Å². The number of anilines is 5. The third-order valence-electron chi connectivity index (χ3n) is 13.3. The van der Waals surface area contributed by atoms with Crippen LogP contribution in [0.4, 0.5) is 28.4 Å². The molecule has 0 spiro atoms. The SMILES string of the molecule is CNC(=O)c1cc(NC(=O)c2cc(NC(=O)c3cc(NC(=O)c4cc(CC(=O)[C@H](N)CCNC(=O)c5cc(NC(=O)c6ccc7nc(-c8cc(NC(=O)c9nccn9C)cn8C)[nH]c7c6)cn5C)cn4C)cn3C)cn2C)cn1C. The molecule has 9 rings (SSSR count). The van der Waals surface area contributed by atoms with Crippen LogP contribution in [0.15, 0.2) is 104 Å². The maximum atomic E-state index is 13.5. The van der Waals surface area contributed by atoms with Crippen molar-refractivity contribution in [2.45, 2.75) is 18.9 Å². The van der Waals surface area contributed by atoms with Gasteiger partial charge < -0.3 is 79.9 Å². The zero-order valence-electron chi connectivity index (χ0n) is 44.9. The van der Waals surface area contributed by atoms with Gasteiger partial charge in [0.05, 0.1) is 51.2 Å². The lowest BCUT2D eigenvalue weighted by Crippen LogP contribution is -2.36. The number of aryl methyl sites for hydroxylation is 7. The van der Waals surface area contributed by atoms with Crippen LogP contribution >= 0.6 is 0 Å². The molecule has 412 valence electrons. The molecular weight excluding hydrogens is 1030 g/mol. The molecule has 0 saturated carbocycles. The van der Waals surface area contributed by atoms with Gasteiger partial charge in [0.25, 0.3) is 41.4 Å². The monoisotopic (exact) mass is 1090 g/mol. The number of Topliss-reactive ketones (excluding diaryl/α,β-unsaturated/α-hetero) is 1. The zero-order chi connectivity index (χ0) is 57.3. The molecule has 0 saturated heterocycles. The van der Waals surface area contributed by atoms with E-state index < -0.39 is 35.6 Å². The molecule has 80 heavy (non-hydrogen) atoms. The van der Waals surface area contributed by atoms with E-state index in [1.807, 2.05) is 11.6 Å². The lowest BCUT2D eigenvalue weighted by Gasteiger charge is -2.11. The maximum Gasteiger partial charge on any atom is 0.291 e. The minimum absolute atomic E-state index is 0.0721. The molecule has 0 fully saturated rings. The van der Waals surface area contributed by atoms with Gasteiger partial charge in [-0.15, -0.1) is 0 Å². The first-order valence-electron chi connectivity index (χ1n) is 24.9. The Bertz CT molecular complexity index is 3940. The molecule has 0 radical (unpaired) electrons. The number of benzene rings is 1. The second kappa shape index (κ2) is 22.2. The van der Waals surface area contributed by atoms with Crippen molar-refractivity contribution in [2.75, 3.05) is 40.2 Å². The van der Waals surface area contributed by atoms with E-state index in [4.69, 9.17) is 5.73 Å². The molecular formula is C54H58N18O8. The van der Waals surface area contributed by atoms with E-state index in [0.29, 0.717) is 67.8 Å². The predicted octanol–water partition coefficient (Wildman–Crippen LogP) is 3.87. The molecule has 8 heterocycles. The van der Waals surface area contributed by atoms with Gasteiger partial charge in [-0.25, -0.2) is 9.97 Å². The summed E-state index contributed by atoms with van der Waals surface area (Å²) in [6, 6.07) is 13.6. The quantitative estimate of drug-likeness (QED) is 0.0560. The minimum Gasteiger partial charge on any atom is -0.354 e. The first kappa shape index (κ1) is 54.3. The second-order valence-corrected chi connectivity index (χ2v) is 19.3. The largest absolute Gasteiger partial charge is 0.354 e. The van der Waals surface area contributed by atoms with Gasteiger partial charge in [-0.3, -0.25) is 38.4 Å². The number of nitrogens with one attached hydrogen (secondary N) is 8. The van der Waals surface area contributed by atoms with E-state index in [-0.39, 0.29) is 65.6 Å². The van der Waals surface area contributed by atoms with Gasteiger partial charge in [0.1, 0.15) is 28.5 Å². The van der Waals surface area contributed by atoms with E-state index in [0.717, 1.165) is 0 Å². The summed E-state index contributed by atoms with van der Waals surface area (Å²) in [4.78, 5) is 117. The number of hydrogen-bond donors (Lipinski definition) is 9. The summed E-state index contributed by atoms with van der Waals surface area (Å²) in [5.41, 5.74) is 12.4. The van der Waals surface area contributed by atoms with Crippen molar-refractivity contribution >= 4 is 86.6 Å². The molecule has 1 aromatic carbocycles. The number of aromatic amines is 1. The Balaban J connectivity index is 0.728. The summed E-state index contributed by atoms with van der Waals surface area (Å²) < 4.78 is 11.3. The average molecular weight is 1090 g/mol. The Kier molecular flexibility index (Phi) is 15.1. The lowest BCUT2D eigenvalue weighted by molar-refractivity contribution is -0.119. The number of fused-ring (bicyclic) bond motifs is 1. The maximum absolute atomic E-state index is 13.5. The van der Waals surface area contributed by atoms with Crippen LogP contribution in [0, 0.1) is 0 Å². The van der Waals surface area contributed by atoms with Crippen molar-refractivity contribution in [3.05, 3.63) is 150 Å². The van der Waals surface area contributed by atoms with Crippen LogP contribution < -0.4 is 43.0 Å². The summed E-state index contributed by atoms with van der Waals surface area (Å²) in [6.45, 7) is 0.0789. The number of imidazole rings is 2. The smallest absolute Gasteiger partial charge is 0.291 e. The van der Waals surface area contributed by atoms with Crippen LogP contribution in [0.3, 0.4) is 0 Å². The first-order chi connectivity index (χ1) is 38.1. The summed E-state index contributed by atoms with van der Waals surface area (Å²) >= 11 is 0. The summed E-state index contributed by atoms with van der Waals surface area (Å²) in [5.74, 6) is -2.49. The fourth-order valence-electron chi connectivity index (χ4n) is 9.14. The Morgan fingerprint density at radius 3 is 1.55 bits per heavy atom. The normalized spacial score (nSPS) is 11.6. The highest BCUT2D eigenvalue weighted by Gasteiger charge is 2.23. The van der Waals surface area contributed by atoms with Gasteiger partial charge in [0.2, 0.25) is 0 Å². The standard InChI is InChI=1S/C54H58N18O8/c1-56-49(75)41-19-33(26-69(41)5)61-52(78)44-22-35(28-72(44)8)62-53(79)43-21-34(27-71(43)7)60-51(77)40-15-29(23-67(40)3)16-45(73)36(55)11-12-58-50(76)42-20-32(25-70(42)6)59-48(74)30-9-10-37-38(17-30)65-46(64-37)39-18-31(24-68(39)4)63-54(80)47-57-13-14-66(47)2/h9-10,13-15,17-28,36H,11-12,16,55H2,1-8H3,(H,56,75)(H,58,76)(H,59,74)(H,60,77)(H,61,78)(H,62,79)(H,63,80)(H,64,65)/t36-/m1/s1. The molecule has 0 bridgehead atoms. The van der Waals surface area contributed by atoms with Gasteiger partial charge in [0.15, 0.2) is 17.4 Å².